The Morgan fingerprint density at radius 1 is 1.53 bits per heavy atom. The lowest BCUT2D eigenvalue weighted by molar-refractivity contribution is 0.685. The molecule has 0 aliphatic carbocycles. The van der Waals surface area contributed by atoms with Crippen molar-refractivity contribution in [2.24, 2.45) is 0 Å². The van der Waals surface area contributed by atoms with Gasteiger partial charge in [0.15, 0.2) is 5.16 Å². The van der Waals surface area contributed by atoms with Crippen molar-refractivity contribution in [1.29, 1.82) is 0 Å². The lowest BCUT2D eigenvalue weighted by atomic mass is 10.2. The third kappa shape index (κ3) is 3.92. The Bertz CT molecular complexity index is 408. The SMILES string of the molecule is CCCNc1cc(N(C)C2CCSC2)nc(SC)n1. The average Bonchev–Trinajstić information content (AvgIpc) is 2.98. The Kier molecular flexibility index (Phi) is 5.63. The Morgan fingerprint density at radius 3 is 3.00 bits per heavy atom. The van der Waals surface area contributed by atoms with Gasteiger partial charge in [-0.15, -0.1) is 0 Å². The Labute approximate surface area is 124 Å². The average molecular weight is 298 g/mol. The first-order valence-corrected chi connectivity index (χ1v) is 9.10. The summed E-state index contributed by atoms with van der Waals surface area (Å²) in [6.45, 7) is 3.11. The molecule has 0 spiro atoms. The van der Waals surface area contributed by atoms with E-state index in [0.717, 1.165) is 29.8 Å². The number of nitrogens with one attached hydrogen (secondary N) is 1. The predicted molar refractivity (Wildman–Crippen MR) is 86.7 cm³/mol. The number of nitrogens with zero attached hydrogens (tertiary/aromatic N) is 3. The molecule has 1 N–H and O–H groups in total. The van der Waals surface area contributed by atoms with E-state index in [1.54, 1.807) is 11.8 Å². The minimum atomic E-state index is 0.605. The van der Waals surface area contributed by atoms with Crippen LogP contribution in [-0.2, 0) is 0 Å². The highest BCUT2D eigenvalue weighted by Gasteiger charge is 2.21. The van der Waals surface area contributed by atoms with Gasteiger partial charge in [-0.1, -0.05) is 18.7 Å². The van der Waals surface area contributed by atoms with Gasteiger partial charge in [-0.25, -0.2) is 9.97 Å². The van der Waals surface area contributed by atoms with Crippen LogP contribution in [0.3, 0.4) is 0 Å². The molecule has 0 saturated carbocycles. The summed E-state index contributed by atoms with van der Waals surface area (Å²) >= 11 is 3.62. The molecule has 1 aromatic heterocycles. The summed E-state index contributed by atoms with van der Waals surface area (Å²) in [7, 11) is 2.15. The zero-order valence-electron chi connectivity index (χ0n) is 11.8. The molecule has 19 heavy (non-hydrogen) atoms. The van der Waals surface area contributed by atoms with Gasteiger partial charge in [0.1, 0.15) is 11.6 Å². The van der Waals surface area contributed by atoms with Gasteiger partial charge in [-0.3, -0.25) is 0 Å². The van der Waals surface area contributed by atoms with Crippen LogP contribution < -0.4 is 10.2 Å². The second-order valence-corrected chi connectivity index (χ2v) is 6.58. The smallest absolute Gasteiger partial charge is 0.191 e. The van der Waals surface area contributed by atoms with E-state index in [1.165, 1.54) is 17.9 Å². The maximum Gasteiger partial charge on any atom is 0.191 e. The highest BCUT2D eigenvalue weighted by Crippen LogP contribution is 2.27. The fourth-order valence-corrected chi connectivity index (χ4v) is 3.69. The molecule has 1 aromatic rings. The van der Waals surface area contributed by atoms with Crippen LogP contribution >= 0.6 is 23.5 Å². The van der Waals surface area contributed by atoms with E-state index in [0.29, 0.717) is 6.04 Å². The van der Waals surface area contributed by atoms with Crippen molar-refractivity contribution in [2.45, 2.75) is 31.0 Å². The van der Waals surface area contributed by atoms with Crippen molar-refractivity contribution in [1.82, 2.24) is 9.97 Å². The van der Waals surface area contributed by atoms with Gasteiger partial charge in [0.2, 0.25) is 0 Å². The topological polar surface area (TPSA) is 41.0 Å². The summed E-state index contributed by atoms with van der Waals surface area (Å²) in [5.74, 6) is 4.43. The third-order valence-corrected chi connectivity index (χ3v) is 4.94. The maximum atomic E-state index is 4.63. The standard InChI is InChI=1S/C13H22N4S2/c1-4-6-14-11-8-12(16-13(15-11)18-3)17(2)10-5-7-19-9-10/h8,10H,4-7,9H2,1-3H3,(H,14,15,16). The Balaban J connectivity index is 2.17. The quantitative estimate of drug-likeness (QED) is 0.643. The van der Waals surface area contributed by atoms with E-state index >= 15 is 0 Å². The van der Waals surface area contributed by atoms with Crippen molar-refractivity contribution in [3.8, 4) is 0 Å². The summed E-state index contributed by atoms with van der Waals surface area (Å²) in [5, 5.41) is 4.20. The first-order chi connectivity index (χ1) is 9.24. The molecular formula is C13H22N4S2. The molecule has 1 fully saturated rings. The van der Waals surface area contributed by atoms with Crippen LogP contribution in [0.2, 0.25) is 0 Å². The second kappa shape index (κ2) is 7.24. The zero-order valence-corrected chi connectivity index (χ0v) is 13.5. The van der Waals surface area contributed by atoms with Crippen LogP contribution in [0.4, 0.5) is 11.6 Å². The minimum absolute atomic E-state index is 0.605. The Morgan fingerprint density at radius 2 is 2.37 bits per heavy atom. The van der Waals surface area contributed by atoms with Gasteiger partial charge < -0.3 is 10.2 Å². The number of hydrogen-bond donors (Lipinski definition) is 1. The van der Waals surface area contributed by atoms with E-state index in [1.807, 2.05) is 18.0 Å². The predicted octanol–water partition coefficient (Wildman–Crippen LogP) is 2.96. The molecule has 1 saturated heterocycles. The van der Waals surface area contributed by atoms with Crippen LogP contribution in [-0.4, -0.2) is 47.4 Å². The Hall–Kier alpha value is -0.620. The number of hydrogen-bond acceptors (Lipinski definition) is 6. The normalized spacial score (nSPS) is 18.6. The van der Waals surface area contributed by atoms with E-state index in [4.69, 9.17) is 0 Å². The van der Waals surface area contributed by atoms with Gasteiger partial charge >= 0.3 is 0 Å². The molecule has 1 aliphatic heterocycles. The second-order valence-electron chi connectivity index (χ2n) is 4.65. The first kappa shape index (κ1) is 14.8. The molecule has 1 unspecified atom stereocenters. The molecule has 2 heterocycles. The number of rotatable bonds is 6. The van der Waals surface area contributed by atoms with Gasteiger partial charge in [-0.2, -0.15) is 11.8 Å². The lowest BCUT2D eigenvalue weighted by Gasteiger charge is -2.25. The van der Waals surface area contributed by atoms with Crippen LogP contribution in [0.1, 0.15) is 19.8 Å². The molecule has 0 radical (unpaired) electrons. The van der Waals surface area contributed by atoms with Crippen LogP contribution in [0.5, 0.6) is 0 Å². The van der Waals surface area contributed by atoms with Gasteiger partial charge in [0.25, 0.3) is 0 Å². The van der Waals surface area contributed by atoms with Crippen LogP contribution in [0.15, 0.2) is 11.2 Å². The highest BCUT2D eigenvalue weighted by atomic mass is 32.2. The molecule has 6 heteroatoms. The monoisotopic (exact) mass is 298 g/mol. The van der Waals surface area contributed by atoms with E-state index < -0.39 is 0 Å². The van der Waals surface area contributed by atoms with Crippen molar-refractivity contribution in [3.63, 3.8) is 0 Å². The molecular weight excluding hydrogens is 276 g/mol. The van der Waals surface area contributed by atoms with E-state index in [9.17, 15) is 0 Å². The molecule has 106 valence electrons. The van der Waals surface area contributed by atoms with Crippen LogP contribution in [0.25, 0.3) is 0 Å². The van der Waals surface area contributed by atoms with Crippen LogP contribution in [0, 0.1) is 0 Å². The first-order valence-electron chi connectivity index (χ1n) is 6.72. The van der Waals surface area contributed by atoms with Gasteiger partial charge in [0, 0.05) is 31.5 Å². The van der Waals surface area contributed by atoms with E-state index in [2.05, 4.69) is 40.2 Å². The lowest BCUT2D eigenvalue weighted by Crippen LogP contribution is -2.32. The summed E-state index contributed by atoms with van der Waals surface area (Å²) < 4.78 is 0. The van der Waals surface area contributed by atoms with Gasteiger partial charge in [0.05, 0.1) is 0 Å². The summed E-state index contributed by atoms with van der Waals surface area (Å²) in [6, 6.07) is 2.67. The number of anilines is 2. The largest absolute Gasteiger partial charge is 0.370 e. The fourth-order valence-electron chi connectivity index (χ4n) is 2.04. The number of thioether (sulfide) groups is 2. The molecule has 0 amide bonds. The summed E-state index contributed by atoms with van der Waals surface area (Å²) in [6.07, 6.45) is 4.37. The minimum Gasteiger partial charge on any atom is -0.370 e. The zero-order chi connectivity index (χ0) is 13.7. The van der Waals surface area contributed by atoms with Crippen molar-refractivity contribution in [2.75, 3.05) is 41.6 Å². The molecule has 2 rings (SSSR count). The fraction of sp³-hybridized carbons (Fsp3) is 0.692. The highest BCUT2D eigenvalue weighted by molar-refractivity contribution is 7.99. The van der Waals surface area contributed by atoms with Crippen molar-refractivity contribution < 1.29 is 0 Å². The molecule has 0 bridgehead atoms. The molecule has 0 aromatic carbocycles. The maximum absolute atomic E-state index is 4.63. The van der Waals surface area contributed by atoms with Gasteiger partial charge in [-0.05, 0) is 24.9 Å². The number of aromatic nitrogens is 2. The molecule has 1 atom stereocenters. The third-order valence-electron chi connectivity index (χ3n) is 3.25. The summed E-state index contributed by atoms with van der Waals surface area (Å²) in [4.78, 5) is 11.4. The molecule has 1 aliphatic rings. The molecule has 4 nitrogen and oxygen atoms in total. The van der Waals surface area contributed by atoms with Crippen molar-refractivity contribution in [3.05, 3.63) is 6.07 Å². The summed E-state index contributed by atoms with van der Waals surface area (Å²) in [5.41, 5.74) is 0. The van der Waals surface area contributed by atoms with E-state index in [-0.39, 0.29) is 0 Å². The van der Waals surface area contributed by atoms with Crippen molar-refractivity contribution >= 4 is 35.2 Å².